The number of nitrogens with zero attached hydrogens (tertiary/aromatic N) is 2. The van der Waals surface area contributed by atoms with Gasteiger partial charge in [-0.1, -0.05) is 26.8 Å². The van der Waals surface area contributed by atoms with Crippen molar-refractivity contribution in [3.63, 3.8) is 0 Å². The second kappa shape index (κ2) is 6.73. The minimum Gasteiger partial charge on any atom is -0.454 e. The van der Waals surface area contributed by atoms with Gasteiger partial charge in [-0.2, -0.15) is 0 Å². The van der Waals surface area contributed by atoms with Crippen molar-refractivity contribution in [3.05, 3.63) is 23.8 Å². The van der Waals surface area contributed by atoms with E-state index in [1.807, 2.05) is 28.0 Å². The van der Waals surface area contributed by atoms with Crippen molar-refractivity contribution < 1.29 is 19.1 Å². The summed E-state index contributed by atoms with van der Waals surface area (Å²) < 4.78 is 10.8. The van der Waals surface area contributed by atoms with Crippen LogP contribution in [-0.2, 0) is 9.59 Å². The van der Waals surface area contributed by atoms with Gasteiger partial charge in [0.1, 0.15) is 0 Å². The minimum absolute atomic E-state index is 0.00408. The Kier molecular flexibility index (Phi) is 4.52. The van der Waals surface area contributed by atoms with E-state index in [1.54, 1.807) is 0 Å². The number of carbonyl (C=O) groups excluding carboxylic acids is 2. The molecule has 3 aliphatic rings. The Balaban J connectivity index is 1.30. The summed E-state index contributed by atoms with van der Waals surface area (Å²) in [7, 11) is 0. The molecule has 2 atom stereocenters. The fourth-order valence-electron chi connectivity index (χ4n) is 3.96. The Labute approximate surface area is 160 Å². The molecule has 1 aromatic carbocycles. The lowest BCUT2D eigenvalue weighted by Gasteiger charge is -2.36. The second-order valence-electron chi connectivity index (χ2n) is 9.00. The largest absolute Gasteiger partial charge is 0.454 e. The Hall–Kier alpha value is -2.24. The molecule has 2 amide bonds. The third kappa shape index (κ3) is 3.89. The van der Waals surface area contributed by atoms with Crippen molar-refractivity contribution in [2.75, 3.05) is 33.0 Å². The fourth-order valence-corrected chi connectivity index (χ4v) is 3.96. The lowest BCUT2D eigenvalue weighted by molar-refractivity contribution is -0.141. The molecule has 2 aliphatic heterocycles. The normalized spacial score (nSPS) is 24.1. The third-order valence-corrected chi connectivity index (χ3v) is 5.56. The average Bonchev–Trinajstić information content (AvgIpc) is 3.29. The molecule has 1 aliphatic carbocycles. The van der Waals surface area contributed by atoms with Gasteiger partial charge >= 0.3 is 0 Å². The number of piperazine rings is 1. The molecule has 0 spiro atoms. The number of benzene rings is 1. The van der Waals surface area contributed by atoms with E-state index < -0.39 is 0 Å². The number of ether oxygens (including phenoxy) is 2. The van der Waals surface area contributed by atoms with E-state index in [0.29, 0.717) is 32.6 Å². The predicted molar refractivity (Wildman–Crippen MR) is 101 cm³/mol. The van der Waals surface area contributed by atoms with Gasteiger partial charge in [0.25, 0.3) is 0 Å². The van der Waals surface area contributed by atoms with Crippen LogP contribution in [0.3, 0.4) is 0 Å². The molecule has 0 aromatic heterocycles. The van der Waals surface area contributed by atoms with Crippen LogP contribution in [0.5, 0.6) is 11.5 Å². The highest BCUT2D eigenvalue weighted by Gasteiger charge is 2.46. The Morgan fingerprint density at radius 3 is 2.41 bits per heavy atom. The van der Waals surface area contributed by atoms with Crippen LogP contribution in [0.2, 0.25) is 0 Å². The van der Waals surface area contributed by atoms with E-state index >= 15 is 0 Å². The third-order valence-electron chi connectivity index (χ3n) is 5.56. The molecule has 27 heavy (non-hydrogen) atoms. The zero-order chi connectivity index (χ0) is 19.2. The van der Waals surface area contributed by atoms with Gasteiger partial charge in [-0.3, -0.25) is 9.59 Å². The molecule has 1 aromatic rings. The summed E-state index contributed by atoms with van der Waals surface area (Å²) in [6.45, 7) is 9.06. The van der Waals surface area contributed by atoms with Crippen LogP contribution in [0.25, 0.3) is 0 Å². The van der Waals surface area contributed by atoms with Crippen molar-refractivity contribution >= 4 is 11.8 Å². The SMILES string of the molecule is CC(C)(C)CC(=O)N1CCN(C(=O)C2CC2c2ccc3c(c2)OCO3)CC1. The van der Waals surface area contributed by atoms with Gasteiger partial charge in [0.2, 0.25) is 18.6 Å². The van der Waals surface area contributed by atoms with E-state index in [-0.39, 0.29) is 35.9 Å². The maximum Gasteiger partial charge on any atom is 0.231 e. The van der Waals surface area contributed by atoms with Crippen molar-refractivity contribution in [2.45, 2.75) is 39.5 Å². The van der Waals surface area contributed by atoms with Crippen LogP contribution in [0, 0.1) is 11.3 Å². The molecule has 0 radical (unpaired) electrons. The first-order chi connectivity index (χ1) is 12.8. The number of fused-ring (bicyclic) bond motifs is 1. The van der Waals surface area contributed by atoms with Gasteiger partial charge in [0.15, 0.2) is 11.5 Å². The molecule has 6 nitrogen and oxygen atoms in total. The summed E-state index contributed by atoms with van der Waals surface area (Å²) in [5.74, 6) is 2.30. The van der Waals surface area contributed by atoms with Crippen LogP contribution >= 0.6 is 0 Å². The first-order valence-electron chi connectivity index (χ1n) is 9.78. The maximum atomic E-state index is 12.8. The van der Waals surface area contributed by atoms with Gasteiger partial charge in [-0.15, -0.1) is 0 Å². The Bertz CT molecular complexity index is 747. The number of hydrogen-bond donors (Lipinski definition) is 0. The number of amides is 2. The number of rotatable bonds is 3. The van der Waals surface area contributed by atoms with Gasteiger partial charge in [0, 0.05) is 38.5 Å². The summed E-state index contributed by atoms with van der Waals surface area (Å²) in [5, 5.41) is 0. The van der Waals surface area contributed by atoms with E-state index in [9.17, 15) is 9.59 Å². The highest BCUT2D eigenvalue weighted by molar-refractivity contribution is 5.83. The quantitative estimate of drug-likeness (QED) is 0.818. The zero-order valence-corrected chi connectivity index (χ0v) is 16.4. The molecule has 4 rings (SSSR count). The Morgan fingerprint density at radius 1 is 1.04 bits per heavy atom. The lowest BCUT2D eigenvalue weighted by Crippen LogP contribution is -2.51. The second-order valence-corrected chi connectivity index (χ2v) is 9.00. The average molecular weight is 372 g/mol. The van der Waals surface area contributed by atoms with Crippen LogP contribution in [-0.4, -0.2) is 54.6 Å². The molecule has 2 heterocycles. The zero-order valence-electron chi connectivity index (χ0n) is 16.4. The number of carbonyl (C=O) groups is 2. The summed E-state index contributed by atoms with van der Waals surface area (Å²) >= 11 is 0. The topological polar surface area (TPSA) is 59.1 Å². The van der Waals surface area contributed by atoms with Gasteiger partial charge in [-0.25, -0.2) is 0 Å². The summed E-state index contributed by atoms with van der Waals surface area (Å²) in [6, 6.07) is 5.97. The van der Waals surface area contributed by atoms with Crippen LogP contribution in [0.1, 0.15) is 45.1 Å². The van der Waals surface area contributed by atoms with Crippen molar-refractivity contribution in [1.29, 1.82) is 0 Å². The molecule has 1 saturated heterocycles. The lowest BCUT2D eigenvalue weighted by atomic mass is 9.91. The molecular formula is C21H28N2O4. The monoisotopic (exact) mass is 372 g/mol. The predicted octanol–water partition coefficient (Wildman–Crippen LogP) is 2.63. The molecular weight excluding hydrogens is 344 g/mol. The molecule has 6 heteroatoms. The van der Waals surface area contributed by atoms with E-state index in [0.717, 1.165) is 23.5 Å². The minimum atomic E-state index is -0.00408. The standard InChI is InChI=1S/C21H28N2O4/c1-21(2,3)12-19(24)22-6-8-23(9-7-22)20(25)16-11-15(16)14-4-5-17-18(10-14)27-13-26-17/h4-5,10,15-16H,6-9,11-13H2,1-3H3. The molecule has 0 bridgehead atoms. The van der Waals surface area contributed by atoms with Crippen LogP contribution < -0.4 is 9.47 Å². The molecule has 146 valence electrons. The van der Waals surface area contributed by atoms with E-state index in [4.69, 9.17) is 9.47 Å². The molecule has 2 unspecified atom stereocenters. The van der Waals surface area contributed by atoms with Gasteiger partial charge in [0.05, 0.1) is 0 Å². The molecule has 2 fully saturated rings. The molecule has 0 N–H and O–H groups in total. The summed E-state index contributed by atoms with van der Waals surface area (Å²) in [5.41, 5.74) is 1.15. The maximum absolute atomic E-state index is 12.8. The highest BCUT2D eigenvalue weighted by atomic mass is 16.7. The van der Waals surface area contributed by atoms with Crippen LogP contribution in [0.4, 0.5) is 0 Å². The molecule has 1 saturated carbocycles. The van der Waals surface area contributed by atoms with Gasteiger partial charge in [-0.05, 0) is 35.4 Å². The Morgan fingerprint density at radius 2 is 1.70 bits per heavy atom. The first kappa shape index (κ1) is 18.1. The van der Waals surface area contributed by atoms with E-state index in [2.05, 4.69) is 20.8 Å². The van der Waals surface area contributed by atoms with E-state index in [1.165, 1.54) is 0 Å². The summed E-state index contributed by atoms with van der Waals surface area (Å²) in [4.78, 5) is 29.0. The highest BCUT2D eigenvalue weighted by Crippen LogP contribution is 2.50. The van der Waals surface area contributed by atoms with Crippen molar-refractivity contribution in [3.8, 4) is 11.5 Å². The van der Waals surface area contributed by atoms with Crippen LogP contribution in [0.15, 0.2) is 18.2 Å². The smallest absolute Gasteiger partial charge is 0.231 e. The first-order valence-corrected chi connectivity index (χ1v) is 9.78. The summed E-state index contributed by atoms with van der Waals surface area (Å²) in [6.07, 6.45) is 1.44. The van der Waals surface area contributed by atoms with Gasteiger partial charge < -0.3 is 19.3 Å². The van der Waals surface area contributed by atoms with Crippen molar-refractivity contribution in [2.24, 2.45) is 11.3 Å². The number of hydrogen-bond acceptors (Lipinski definition) is 4. The van der Waals surface area contributed by atoms with Crippen molar-refractivity contribution in [1.82, 2.24) is 9.80 Å². The fraction of sp³-hybridized carbons (Fsp3) is 0.619.